The number of anilines is 1. The van der Waals surface area contributed by atoms with Crippen LogP contribution >= 0.6 is 0 Å². The van der Waals surface area contributed by atoms with Gasteiger partial charge >= 0.3 is 12.2 Å². The number of aromatic nitrogens is 1. The van der Waals surface area contributed by atoms with Crippen molar-refractivity contribution >= 4 is 28.1 Å². The molecule has 0 atom stereocenters. The molecule has 4 aromatic carbocycles. The first-order chi connectivity index (χ1) is 31.4. The summed E-state index contributed by atoms with van der Waals surface area (Å²) in [5.74, 6) is 1.36. The third-order valence-electron chi connectivity index (χ3n) is 9.46. The summed E-state index contributed by atoms with van der Waals surface area (Å²) < 4.78 is 69.7. The molecule has 0 unspecified atom stereocenters. The van der Waals surface area contributed by atoms with Crippen molar-refractivity contribution in [3.8, 4) is 33.8 Å². The molecule has 14 nitrogen and oxygen atoms in total. The fourth-order valence-electron chi connectivity index (χ4n) is 6.41. The number of carbonyl (C=O) groups is 2. The summed E-state index contributed by atoms with van der Waals surface area (Å²) in [6.45, 7) is 16.6. The van der Waals surface area contributed by atoms with E-state index in [-0.39, 0.29) is 30.5 Å². The number of hydrogen-bond acceptors (Lipinski definition) is 13. The summed E-state index contributed by atoms with van der Waals surface area (Å²) in [6, 6.07) is 31.4. The smallest absolute Gasteiger partial charge is 0.425 e. The number of carbonyl (C=O) groups excluding carboxylic acids is 2. The van der Waals surface area contributed by atoms with Gasteiger partial charge in [0.2, 0.25) is 0 Å². The number of rotatable bonds is 22. The van der Waals surface area contributed by atoms with Gasteiger partial charge in [-0.3, -0.25) is 4.18 Å². The van der Waals surface area contributed by atoms with E-state index in [1.165, 1.54) is 12.1 Å². The minimum Gasteiger partial charge on any atom is -0.491 e. The molecule has 66 heavy (non-hydrogen) atoms. The molecular weight excluding hydrogens is 865 g/mol. The molecule has 1 heterocycles. The maximum absolute atomic E-state index is 13.9. The van der Waals surface area contributed by atoms with E-state index in [1.807, 2.05) is 92.7 Å². The van der Waals surface area contributed by atoms with Crippen LogP contribution in [0.4, 0.5) is 15.4 Å². The minimum atomic E-state index is -3.83. The van der Waals surface area contributed by atoms with Gasteiger partial charge in [0.1, 0.15) is 35.9 Å². The highest BCUT2D eigenvalue weighted by Crippen LogP contribution is 2.40. The summed E-state index contributed by atoms with van der Waals surface area (Å²) in [7, 11) is -3.83. The second-order valence-electron chi connectivity index (χ2n) is 17.1. The van der Waals surface area contributed by atoms with Gasteiger partial charge in [0, 0.05) is 17.3 Å². The minimum absolute atomic E-state index is 0.0746. The van der Waals surface area contributed by atoms with Gasteiger partial charge in [0.05, 0.1) is 51.1 Å². The molecule has 1 aromatic heterocycles. The summed E-state index contributed by atoms with van der Waals surface area (Å²) in [6.07, 6.45) is 0.343. The van der Waals surface area contributed by atoms with Gasteiger partial charge in [-0.25, -0.2) is 14.6 Å². The van der Waals surface area contributed by atoms with Crippen LogP contribution in [-0.4, -0.2) is 89.6 Å². The molecule has 354 valence electrons. The maximum atomic E-state index is 13.9. The van der Waals surface area contributed by atoms with Gasteiger partial charge < -0.3 is 33.2 Å². The summed E-state index contributed by atoms with van der Waals surface area (Å²) in [4.78, 5) is 33.6. The third kappa shape index (κ3) is 15.9. The highest BCUT2D eigenvalue weighted by molar-refractivity contribution is 7.86. The Morgan fingerprint density at radius 3 is 1.64 bits per heavy atom. The Hall–Kier alpha value is -5.84. The maximum Gasteiger partial charge on any atom is 0.425 e. The van der Waals surface area contributed by atoms with E-state index in [0.717, 1.165) is 32.7 Å². The van der Waals surface area contributed by atoms with E-state index in [1.54, 1.807) is 59.9 Å². The summed E-state index contributed by atoms with van der Waals surface area (Å²) >= 11 is 0. The zero-order chi connectivity index (χ0) is 47.7. The second-order valence-corrected chi connectivity index (χ2v) is 18.7. The number of imide groups is 1. The first kappa shape index (κ1) is 51.1. The number of ether oxygens (including phenoxy) is 7. The third-order valence-corrected chi connectivity index (χ3v) is 10.8. The van der Waals surface area contributed by atoms with E-state index in [9.17, 15) is 18.0 Å². The van der Waals surface area contributed by atoms with Gasteiger partial charge in [-0.1, -0.05) is 79.2 Å². The van der Waals surface area contributed by atoms with Crippen molar-refractivity contribution < 1.29 is 55.3 Å². The molecule has 5 aromatic rings. The van der Waals surface area contributed by atoms with Crippen LogP contribution in [0.1, 0.15) is 65.2 Å². The van der Waals surface area contributed by atoms with Crippen molar-refractivity contribution in [2.24, 2.45) is 0 Å². The lowest BCUT2D eigenvalue weighted by atomic mass is 9.91. The topological polar surface area (TPSA) is 158 Å². The number of pyridine rings is 1. The Labute approximate surface area is 389 Å². The van der Waals surface area contributed by atoms with E-state index < -0.39 is 33.5 Å². The molecule has 0 aliphatic rings. The van der Waals surface area contributed by atoms with Crippen molar-refractivity contribution in [3.63, 3.8) is 0 Å². The molecule has 5 rings (SSSR count). The summed E-state index contributed by atoms with van der Waals surface area (Å²) in [5, 5.41) is 0. The number of aryl methyl sites for hydroxylation is 1. The van der Waals surface area contributed by atoms with Crippen LogP contribution in [-0.2, 0) is 51.0 Å². The van der Waals surface area contributed by atoms with Crippen molar-refractivity contribution in [1.29, 1.82) is 0 Å². The number of nitrogens with zero attached hydrogens (tertiary/aromatic N) is 2. The van der Waals surface area contributed by atoms with Crippen molar-refractivity contribution in [2.75, 3.05) is 57.8 Å². The number of hydrogen-bond donors (Lipinski definition) is 0. The van der Waals surface area contributed by atoms with Crippen LogP contribution in [0, 0.1) is 6.92 Å². The highest BCUT2D eigenvalue weighted by Gasteiger charge is 2.36. The Morgan fingerprint density at radius 1 is 0.606 bits per heavy atom. The normalized spacial score (nSPS) is 11.8. The van der Waals surface area contributed by atoms with Gasteiger partial charge in [-0.2, -0.15) is 13.3 Å². The molecule has 0 N–H and O–H groups in total. The number of amides is 2. The largest absolute Gasteiger partial charge is 0.491 e. The van der Waals surface area contributed by atoms with Gasteiger partial charge in [-0.15, -0.1) is 0 Å². The molecular formula is C51H62N2O12S. The average Bonchev–Trinajstić information content (AvgIpc) is 3.27. The highest BCUT2D eigenvalue weighted by atomic mass is 32.2. The first-order valence-electron chi connectivity index (χ1n) is 21.9. The van der Waals surface area contributed by atoms with E-state index >= 15 is 0 Å². The fourth-order valence-corrected chi connectivity index (χ4v) is 7.31. The molecule has 0 fully saturated rings. The number of benzene rings is 4. The Kier molecular flexibility index (Phi) is 18.7. The molecule has 0 aliphatic carbocycles. The van der Waals surface area contributed by atoms with Crippen LogP contribution in [0.3, 0.4) is 0 Å². The lowest BCUT2D eigenvalue weighted by Crippen LogP contribution is -2.44. The van der Waals surface area contributed by atoms with Crippen molar-refractivity contribution in [3.05, 3.63) is 126 Å². The monoisotopic (exact) mass is 926 g/mol. The standard InChI is InChI=1S/C51H62N2O12S/c1-9-44-45(39-17-21-41(22-18-39)61-33-31-59-29-27-58-28-30-60-32-34-63-66(56,57)43-25-15-37(2)16-26-43)35-52-47(53(48(54)64-50(3,4)5)49(55)65-51(6,7)8)46(44)40-19-23-42(24-20-40)62-36-38-13-11-10-12-14-38/h10-26,35H,9,27-34,36H2,1-8H3. The van der Waals surface area contributed by atoms with Crippen LogP contribution in [0.5, 0.6) is 11.5 Å². The average molecular weight is 927 g/mol. The van der Waals surface area contributed by atoms with Crippen molar-refractivity contribution in [1.82, 2.24) is 4.98 Å². The van der Waals surface area contributed by atoms with Crippen molar-refractivity contribution in [2.45, 2.75) is 84.5 Å². The predicted octanol–water partition coefficient (Wildman–Crippen LogP) is 10.4. The van der Waals surface area contributed by atoms with E-state index in [4.69, 9.17) is 42.3 Å². The van der Waals surface area contributed by atoms with Crippen LogP contribution in [0.25, 0.3) is 22.3 Å². The van der Waals surface area contributed by atoms with E-state index in [2.05, 4.69) is 0 Å². The fraction of sp³-hybridized carbons (Fsp3) is 0.392. The van der Waals surface area contributed by atoms with Crippen LogP contribution < -0.4 is 14.4 Å². The Balaban J connectivity index is 1.20. The Morgan fingerprint density at radius 2 is 1.11 bits per heavy atom. The van der Waals surface area contributed by atoms with E-state index in [0.29, 0.717) is 68.7 Å². The molecule has 0 radical (unpaired) electrons. The molecule has 0 bridgehead atoms. The van der Waals surface area contributed by atoms with Gasteiger partial charge in [0.25, 0.3) is 10.1 Å². The molecule has 15 heteroatoms. The van der Waals surface area contributed by atoms with Crippen LogP contribution in [0.15, 0.2) is 114 Å². The molecule has 0 saturated heterocycles. The second kappa shape index (κ2) is 24.1. The van der Waals surface area contributed by atoms with Crippen LogP contribution in [0.2, 0.25) is 0 Å². The molecule has 2 amide bonds. The zero-order valence-electron chi connectivity index (χ0n) is 39.2. The lowest BCUT2D eigenvalue weighted by Gasteiger charge is -2.30. The van der Waals surface area contributed by atoms with Gasteiger partial charge in [0.15, 0.2) is 5.82 Å². The SMILES string of the molecule is CCc1c(-c2ccc(OCCOCCOCCOCCOS(=O)(=O)c3ccc(C)cc3)cc2)cnc(N(C(=O)OC(C)(C)C)C(=O)OC(C)(C)C)c1-c1ccc(OCc2ccccc2)cc1. The van der Waals surface area contributed by atoms with Gasteiger partial charge in [-0.05, 0) is 114 Å². The first-order valence-corrected chi connectivity index (χ1v) is 23.3. The summed E-state index contributed by atoms with van der Waals surface area (Å²) in [5.41, 5.74) is 3.91. The predicted molar refractivity (Wildman–Crippen MR) is 252 cm³/mol. The lowest BCUT2D eigenvalue weighted by molar-refractivity contribution is 0.00528. The zero-order valence-corrected chi connectivity index (χ0v) is 40.0. The molecule has 0 saturated carbocycles. The molecule has 0 spiro atoms. The molecule has 0 aliphatic heterocycles. The quantitative estimate of drug-likeness (QED) is 0.0477. The Bertz CT molecular complexity index is 2390.